The van der Waals surface area contributed by atoms with Gasteiger partial charge in [0.2, 0.25) is 5.91 Å². The summed E-state index contributed by atoms with van der Waals surface area (Å²) in [4.78, 5) is 11.5. The average molecular weight is 195 g/mol. The van der Waals surface area contributed by atoms with Crippen LogP contribution < -0.4 is 0 Å². The molecule has 0 spiro atoms. The van der Waals surface area contributed by atoms with Crippen molar-refractivity contribution >= 4 is 5.91 Å². The zero-order valence-corrected chi connectivity index (χ0v) is 8.61. The maximum atomic E-state index is 11.5. The summed E-state index contributed by atoms with van der Waals surface area (Å²) in [5.41, 5.74) is 0. The van der Waals surface area contributed by atoms with Crippen molar-refractivity contribution in [1.82, 2.24) is 4.57 Å². The Kier molecular flexibility index (Phi) is 5.00. The number of ether oxygens (including phenoxy) is 1. The first-order chi connectivity index (χ1) is 6.84. The molecule has 3 nitrogen and oxygen atoms in total. The van der Waals surface area contributed by atoms with Crippen molar-refractivity contribution < 1.29 is 9.53 Å². The van der Waals surface area contributed by atoms with E-state index in [1.165, 1.54) is 0 Å². The summed E-state index contributed by atoms with van der Waals surface area (Å²) in [6.07, 6.45) is 6.02. The molecule has 14 heavy (non-hydrogen) atoms. The van der Waals surface area contributed by atoms with Gasteiger partial charge in [-0.2, -0.15) is 0 Å². The number of rotatable bonds is 6. The monoisotopic (exact) mass is 195 g/mol. The molecule has 0 radical (unpaired) electrons. The largest absolute Gasteiger partial charge is 0.382 e. The number of aromatic nitrogens is 1. The molecule has 0 aliphatic heterocycles. The van der Waals surface area contributed by atoms with Gasteiger partial charge in [0.15, 0.2) is 0 Å². The maximum absolute atomic E-state index is 11.5. The van der Waals surface area contributed by atoms with Crippen molar-refractivity contribution in [3.8, 4) is 0 Å². The lowest BCUT2D eigenvalue weighted by atomic mass is 10.2. The Morgan fingerprint density at radius 2 is 2.00 bits per heavy atom. The van der Waals surface area contributed by atoms with Crippen LogP contribution in [0.1, 0.15) is 31.0 Å². The van der Waals surface area contributed by atoms with E-state index in [1.807, 2.05) is 19.1 Å². The van der Waals surface area contributed by atoms with E-state index >= 15 is 0 Å². The zero-order valence-electron chi connectivity index (χ0n) is 8.61. The lowest BCUT2D eigenvalue weighted by Gasteiger charge is -2.02. The second-order valence-corrected chi connectivity index (χ2v) is 3.14. The predicted molar refractivity (Wildman–Crippen MR) is 55.4 cm³/mol. The Balaban J connectivity index is 2.10. The highest BCUT2D eigenvalue weighted by atomic mass is 16.5. The van der Waals surface area contributed by atoms with Crippen molar-refractivity contribution in [2.24, 2.45) is 0 Å². The fourth-order valence-electron chi connectivity index (χ4n) is 1.25. The van der Waals surface area contributed by atoms with Gasteiger partial charge in [-0.3, -0.25) is 9.36 Å². The van der Waals surface area contributed by atoms with E-state index in [-0.39, 0.29) is 5.91 Å². The topological polar surface area (TPSA) is 31.2 Å². The van der Waals surface area contributed by atoms with Gasteiger partial charge in [0.25, 0.3) is 0 Å². The second-order valence-electron chi connectivity index (χ2n) is 3.14. The minimum atomic E-state index is 0.159. The van der Waals surface area contributed by atoms with Gasteiger partial charge in [0.05, 0.1) is 0 Å². The second kappa shape index (κ2) is 6.38. The normalized spacial score (nSPS) is 10.4. The van der Waals surface area contributed by atoms with Crippen LogP contribution >= 0.6 is 0 Å². The molecule has 1 aromatic rings. The lowest BCUT2D eigenvalue weighted by molar-refractivity contribution is 0.0891. The van der Waals surface area contributed by atoms with Gasteiger partial charge in [-0.1, -0.05) is 0 Å². The van der Waals surface area contributed by atoms with Crippen LogP contribution in [0.2, 0.25) is 0 Å². The van der Waals surface area contributed by atoms with Crippen molar-refractivity contribution in [1.29, 1.82) is 0 Å². The number of hydrogen-bond acceptors (Lipinski definition) is 2. The molecule has 0 saturated carbocycles. The standard InChI is InChI=1S/C11H17NO2/c1-2-14-10-6-3-7-11(13)12-8-4-5-9-12/h4-5,8-9H,2-3,6-7,10H2,1H3. The van der Waals surface area contributed by atoms with Crippen LogP contribution in [0.15, 0.2) is 24.5 Å². The van der Waals surface area contributed by atoms with Crippen LogP contribution in [0, 0.1) is 0 Å². The fourth-order valence-corrected chi connectivity index (χ4v) is 1.25. The van der Waals surface area contributed by atoms with Gasteiger partial charge in [-0.15, -0.1) is 0 Å². The van der Waals surface area contributed by atoms with Crippen molar-refractivity contribution in [3.63, 3.8) is 0 Å². The van der Waals surface area contributed by atoms with Gasteiger partial charge < -0.3 is 4.74 Å². The predicted octanol–water partition coefficient (Wildman–Crippen LogP) is 2.34. The highest BCUT2D eigenvalue weighted by molar-refractivity contribution is 5.78. The number of carbonyl (C=O) groups excluding carboxylic acids is 1. The van der Waals surface area contributed by atoms with Gasteiger partial charge in [0, 0.05) is 32.0 Å². The molecule has 0 unspecified atom stereocenters. The van der Waals surface area contributed by atoms with Crippen molar-refractivity contribution in [2.75, 3.05) is 13.2 Å². The molecule has 0 aromatic carbocycles. The molecule has 0 aliphatic carbocycles. The average Bonchev–Trinajstić information content (AvgIpc) is 2.70. The molecular weight excluding hydrogens is 178 g/mol. The lowest BCUT2D eigenvalue weighted by Crippen LogP contribution is -2.07. The number of nitrogens with zero attached hydrogens (tertiary/aromatic N) is 1. The van der Waals surface area contributed by atoms with Crippen LogP contribution in [-0.4, -0.2) is 23.7 Å². The highest BCUT2D eigenvalue weighted by Gasteiger charge is 2.01. The minimum Gasteiger partial charge on any atom is -0.382 e. The summed E-state index contributed by atoms with van der Waals surface area (Å²) in [6, 6.07) is 3.72. The Labute approximate surface area is 84.7 Å². The summed E-state index contributed by atoms with van der Waals surface area (Å²) >= 11 is 0. The molecule has 0 saturated heterocycles. The third kappa shape index (κ3) is 3.75. The van der Waals surface area contributed by atoms with Crippen molar-refractivity contribution in [3.05, 3.63) is 24.5 Å². The highest BCUT2D eigenvalue weighted by Crippen LogP contribution is 2.00. The maximum Gasteiger partial charge on any atom is 0.230 e. The van der Waals surface area contributed by atoms with Gasteiger partial charge in [-0.25, -0.2) is 0 Å². The van der Waals surface area contributed by atoms with Crippen LogP contribution in [0.4, 0.5) is 0 Å². The molecule has 0 N–H and O–H groups in total. The Morgan fingerprint density at radius 3 is 2.64 bits per heavy atom. The van der Waals surface area contributed by atoms with E-state index in [1.54, 1.807) is 17.0 Å². The molecule has 0 amide bonds. The van der Waals surface area contributed by atoms with Crippen LogP contribution in [0.25, 0.3) is 0 Å². The van der Waals surface area contributed by atoms with Crippen LogP contribution in [-0.2, 0) is 4.74 Å². The molecule has 78 valence electrons. The zero-order chi connectivity index (χ0) is 10.2. The first-order valence-electron chi connectivity index (χ1n) is 5.08. The van der Waals surface area contributed by atoms with E-state index in [2.05, 4.69) is 0 Å². The number of carbonyl (C=O) groups is 1. The number of unbranched alkanes of at least 4 members (excludes halogenated alkanes) is 1. The SMILES string of the molecule is CCOCCCCC(=O)n1cccc1. The summed E-state index contributed by atoms with van der Waals surface area (Å²) in [5, 5.41) is 0. The molecular formula is C11H17NO2. The van der Waals surface area contributed by atoms with Gasteiger partial charge in [-0.05, 0) is 31.9 Å². The molecule has 1 rings (SSSR count). The van der Waals surface area contributed by atoms with E-state index < -0.39 is 0 Å². The molecule has 0 bridgehead atoms. The Morgan fingerprint density at radius 1 is 1.29 bits per heavy atom. The quantitative estimate of drug-likeness (QED) is 0.652. The fraction of sp³-hybridized carbons (Fsp3) is 0.545. The first kappa shape index (κ1) is 11.0. The van der Waals surface area contributed by atoms with Gasteiger partial charge in [0.1, 0.15) is 0 Å². The van der Waals surface area contributed by atoms with E-state index in [0.29, 0.717) is 6.42 Å². The summed E-state index contributed by atoms with van der Waals surface area (Å²) in [6.45, 7) is 3.49. The molecule has 1 aromatic heterocycles. The smallest absolute Gasteiger partial charge is 0.230 e. The third-order valence-corrected chi connectivity index (χ3v) is 2.03. The Hall–Kier alpha value is -1.09. The molecule has 1 heterocycles. The van der Waals surface area contributed by atoms with E-state index in [9.17, 15) is 4.79 Å². The van der Waals surface area contributed by atoms with E-state index in [4.69, 9.17) is 4.74 Å². The summed E-state index contributed by atoms with van der Waals surface area (Å²) < 4.78 is 6.81. The Bertz CT molecular complexity index is 254. The molecule has 0 fully saturated rings. The van der Waals surface area contributed by atoms with E-state index in [0.717, 1.165) is 26.1 Å². The molecule has 3 heteroatoms. The summed E-state index contributed by atoms with van der Waals surface area (Å²) in [5.74, 6) is 0.159. The minimum absolute atomic E-state index is 0.159. The molecule has 0 aliphatic rings. The molecule has 0 atom stereocenters. The van der Waals surface area contributed by atoms with Crippen LogP contribution in [0.5, 0.6) is 0 Å². The third-order valence-electron chi connectivity index (χ3n) is 2.03. The first-order valence-corrected chi connectivity index (χ1v) is 5.08. The summed E-state index contributed by atoms with van der Waals surface area (Å²) in [7, 11) is 0. The van der Waals surface area contributed by atoms with Gasteiger partial charge >= 0.3 is 0 Å². The van der Waals surface area contributed by atoms with Crippen molar-refractivity contribution in [2.45, 2.75) is 26.2 Å². The number of hydrogen-bond donors (Lipinski definition) is 0. The van der Waals surface area contributed by atoms with Crippen LogP contribution in [0.3, 0.4) is 0 Å².